The van der Waals surface area contributed by atoms with Crippen LogP contribution < -0.4 is 4.74 Å². The average molecular weight is 509 g/mol. The number of aliphatic hydroxyl groups is 1. The summed E-state index contributed by atoms with van der Waals surface area (Å²) in [5, 5.41) is 14.4. The van der Waals surface area contributed by atoms with Gasteiger partial charge in [0.15, 0.2) is 5.82 Å². The summed E-state index contributed by atoms with van der Waals surface area (Å²) >= 11 is 0. The highest BCUT2D eigenvalue weighted by atomic mass is 16.5. The van der Waals surface area contributed by atoms with Crippen molar-refractivity contribution in [3.63, 3.8) is 0 Å². The van der Waals surface area contributed by atoms with Crippen LogP contribution in [0.4, 0.5) is 0 Å². The van der Waals surface area contributed by atoms with Crippen LogP contribution in [0.1, 0.15) is 27.2 Å². The Kier molecular flexibility index (Phi) is 5.93. The molecule has 4 aromatic heterocycles. The zero-order valence-corrected chi connectivity index (χ0v) is 20.6. The molecule has 0 radical (unpaired) electrons. The molecular formula is C28H24N6O4. The van der Waals surface area contributed by atoms with Crippen molar-refractivity contribution in [1.29, 1.82) is 0 Å². The van der Waals surface area contributed by atoms with Crippen LogP contribution in [-0.2, 0) is 24.4 Å². The van der Waals surface area contributed by atoms with Gasteiger partial charge in [0.2, 0.25) is 0 Å². The molecule has 0 aliphatic carbocycles. The molecule has 0 atom stereocenters. The third-order valence-electron chi connectivity index (χ3n) is 6.89. The Morgan fingerprint density at radius 3 is 2.79 bits per heavy atom. The topological polar surface area (TPSA) is 126 Å². The maximum Gasteiger partial charge on any atom is 0.295 e. The molecule has 5 aromatic rings. The van der Waals surface area contributed by atoms with Gasteiger partial charge in [-0.15, -0.1) is 0 Å². The number of nitrogens with zero attached hydrogens (tertiary/aromatic N) is 5. The van der Waals surface area contributed by atoms with E-state index in [9.17, 15) is 14.7 Å². The van der Waals surface area contributed by atoms with E-state index in [1.54, 1.807) is 23.4 Å². The zero-order chi connectivity index (χ0) is 26.2. The second-order valence-electron chi connectivity index (χ2n) is 8.96. The minimum atomic E-state index is -0.640. The normalized spacial score (nSPS) is 12.9. The number of nitrogens with one attached hydrogen (secondary N) is 1. The number of aromatic nitrogens is 5. The summed E-state index contributed by atoms with van der Waals surface area (Å²) in [6.45, 7) is 0.513. The number of ether oxygens (including phenoxy) is 1. The highest BCUT2D eigenvalue weighted by Gasteiger charge is 2.31. The second-order valence-corrected chi connectivity index (χ2v) is 8.96. The van der Waals surface area contributed by atoms with Gasteiger partial charge in [-0.1, -0.05) is 24.3 Å². The van der Waals surface area contributed by atoms with Crippen molar-refractivity contribution in [3.8, 4) is 22.8 Å². The summed E-state index contributed by atoms with van der Waals surface area (Å²) < 4.78 is 6.97. The van der Waals surface area contributed by atoms with Gasteiger partial charge in [-0.05, 0) is 35.7 Å². The monoisotopic (exact) mass is 508 g/mol. The van der Waals surface area contributed by atoms with Gasteiger partial charge in [-0.25, -0.2) is 9.67 Å². The van der Waals surface area contributed by atoms with E-state index >= 15 is 0 Å². The van der Waals surface area contributed by atoms with Crippen molar-refractivity contribution in [2.75, 3.05) is 13.7 Å². The van der Waals surface area contributed by atoms with Crippen LogP contribution in [0, 0.1) is 0 Å². The fraction of sp³-hybridized carbons (Fsp3) is 0.179. The highest BCUT2D eigenvalue weighted by Crippen LogP contribution is 2.33. The summed E-state index contributed by atoms with van der Waals surface area (Å²) in [7, 11) is 1.48. The van der Waals surface area contributed by atoms with Crippen molar-refractivity contribution >= 4 is 22.6 Å². The predicted molar refractivity (Wildman–Crippen MR) is 139 cm³/mol. The van der Waals surface area contributed by atoms with E-state index in [2.05, 4.69) is 20.1 Å². The lowest BCUT2D eigenvalue weighted by atomic mass is 9.92. The first-order valence-electron chi connectivity index (χ1n) is 12.1. The molecule has 1 aliphatic heterocycles. The van der Waals surface area contributed by atoms with Crippen LogP contribution >= 0.6 is 0 Å². The number of hydrogen-bond donors (Lipinski definition) is 2. The van der Waals surface area contributed by atoms with Crippen LogP contribution in [0.25, 0.3) is 28.0 Å². The lowest BCUT2D eigenvalue weighted by Crippen LogP contribution is -2.40. The molecular weight excluding hydrogens is 484 g/mol. The quantitative estimate of drug-likeness (QED) is 0.267. The molecule has 0 bridgehead atoms. The average Bonchev–Trinajstić information content (AvgIpc) is 3.63. The first kappa shape index (κ1) is 23.6. The first-order chi connectivity index (χ1) is 18.6. The number of H-pyrrole nitrogens is 1. The number of benzene rings is 1. The Labute approximate surface area is 217 Å². The third kappa shape index (κ3) is 3.82. The van der Waals surface area contributed by atoms with Crippen molar-refractivity contribution in [3.05, 3.63) is 89.6 Å². The number of aromatic amines is 1. The van der Waals surface area contributed by atoms with Crippen LogP contribution in [0.2, 0.25) is 0 Å². The van der Waals surface area contributed by atoms with Crippen LogP contribution in [-0.4, -0.2) is 60.1 Å². The van der Waals surface area contributed by atoms with E-state index in [4.69, 9.17) is 4.74 Å². The maximum absolute atomic E-state index is 13.5. The summed E-state index contributed by atoms with van der Waals surface area (Å²) in [5.74, 6) is -0.493. The predicted octanol–water partition coefficient (Wildman–Crippen LogP) is 3.08. The summed E-state index contributed by atoms with van der Waals surface area (Å²) in [6, 6.07) is 13.4. The van der Waals surface area contributed by atoms with Gasteiger partial charge in [-0.3, -0.25) is 14.6 Å². The Morgan fingerprint density at radius 1 is 1.11 bits per heavy atom. The Balaban J connectivity index is 1.33. The number of carbonyl (C=O) groups excluding carboxylic acids is 2. The number of methoxy groups -OCH3 is 1. The van der Waals surface area contributed by atoms with Gasteiger partial charge in [-0.2, -0.15) is 5.10 Å². The number of amides is 1. The van der Waals surface area contributed by atoms with E-state index in [1.165, 1.54) is 24.2 Å². The largest absolute Gasteiger partial charge is 0.494 e. The van der Waals surface area contributed by atoms with Crippen LogP contribution in [0.5, 0.6) is 5.75 Å². The standard InChI is InChI=1S/C28H24N6O4/c1-38-23-14-31-27(34-18(16-35)8-11-32-34)25-24(23)21(13-30-25)26(36)28(37)33-12-9-19-17(15-33)5-4-6-20(19)22-7-2-3-10-29-22/h2-8,10-11,13-14,30,35H,9,12,15-16H2,1H3. The van der Waals surface area contributed by atoms with Crippen molar-refractivity contribution < 1.29 is 19.4 Å². The molecule has 0 saturated carbocycles. The van der Waals surface area contributed by atoms with E-state index in [-0.39, 0.29) is 12.2 Å². The Morgan fingerprint density at radius 2 is 2.00 bits per heavy atom. The van der Waals surface area contributed by atoms with Crippen LogP contribution in [0.15, 0.2) is 67.3 Å². The number of carbonyl (C=O) groups is 2. The Hall–Kier alpha value is -4.83. The SMILES string of the molecule is COc1cnc(-n2nccc2CO)c2[nH]cc(C(=O)C(=O)N3CCc4c(cccc4-c4ccccn4)C3)c12. The number of aliphatic hydroxyl groups excluding tert-OH is 1. The first-order valence-corrected chi connectivity index (χ1v) is 12.1. The van der Waals surface area contributed by atoms with E-state index < -0.39 is 11.7 Å². The van der Waals surface area contributed by atoms with E-state index in [0.29, 0.717) is 47.7 Å². The Bertz CT molecular complexity index is 1670. The fourth-order valence-electron chi connectivity index (χ4n) is 5.04. The minimum absolute atomic E-state index is 0.191. The molecule has 1 aromatic carbocycles. The molecule has 0 saturated heterocycles. The summed E-state index contributed by atoms with van der Waals surface area (Å²) in [6.07, 6.45) is 6.91. The van der Waals surface area contributed by atoms with Gasteiger partial charge in [0.25, 0.3) is 11.7 Å². The zero-order valence-electron chi connectivity index (χ0n) is 20.6. The number of pyridine rings is 2. The molecule has 0 fully saturated rings. The number of ketones is 1. The number of fused-ring (bicyclic) bond motifs is 2. The molecule has 6 rings (SSSR count). The molecule has 2 N–H and O–H groups in total. The number of Topliss-reactive ketones (excluding diaryl/α,β-unsaturated/α-hetero) is 1. The van der Waals surface area contributed by atoms with Crippen LogP contribution in [0.3, 0.4) is 0 Å². The summed E-state index contributed by atoms with van der Waals surface area (Å²) in [4.78, 5) is 40.6. The number of rotatable bonds is 6. The molecule has 10 nitrogen and oxygen atoms in total. The van der Waals surface area contributed by atoms with E-state index in [0.717, 1.165) is 22.4 Å². The van der Waals surface area contributed by atoms with Gasteiger partial charge in [0, 0.05) is 37.2 Å². The molecule has 1 amide bonds. The lowest BCUT2D eigenvalue weighted by Gasteiger charge is -2.29. The van der Waals surface area contributed by atoms with Crippen molar-refractivity contribution in [1.82, 2.24) is 29.6 Å². The molecule has 0 unspecified atom stereocenters. The fourth-order valence-corrected chi connectivity index (χ4v) is 5.04. The molecule has 0 spiro atoms. The molecule has 190 valence electrons. The molecule has 38 heavy (non-hydrogen) atoms. The summed E-state index contributed by atoms with van der Waals surface area (Å²) in [5.41, 5.74) is 5.27. The number of hydrogen-bond acceptors (Lipinski definition) is 7. The molecule has 1 aliphatic rings. The van der Waals surface area contributed by atoms with Gasteiger partial charge < -0.3 is 19.7 Å². The lowest BCUT2D eigenvalue weighted by molar-refractivity contribution is -0.127. The third-order valence-corrected chi connectivity index (χ3v) is 6.89. The van der Waals surface area contributed by atoms with Gasteiger partial charge >= 0.3 is 0 Å². The van der Waals surface area contributed by atoms with Crippen molar-refractivity contribution in [2.24, 2.45) is 0 Å². The molecule has 5 heterocycles. The second kappa shape index (κ2) is 9.56. The molecule has 10 heteroatoms. The van der Waals surface area contributed by atoms with Crippen molar-refractivity contribution in [2.45, 2.75) is 19.6 Å². The maximum atomic E-state index is 13.5. The minimum Gasteiger partial charge on any atom is -0.494 e. The van der Waals surface area contributed by atoms with E-state index in [1.807, 2.05) is 36.4 Å². The highest BCUT2D eigenvalue weighted by molar-refractivity contribution is 6.45. The van der Waals surface area contributed by atoms with Gasteiger partial charge in [0.05, 0.1) is 47.8 Å². The van der Waals surface area contributed by atoms with Gasteiger partial charge in [0.1, 0.15) is 5.75 Å². The smallest absolute Gasteiger partial charge is 0.295 e.